The maximum atomic E-state index is 13.1. The van der Waals surface area contributed by atoms with Gasteiger partial charge >= 0.3 is 5.97 Å². The first-order valence-electron chi connectivity index (χ1n) is 11.0. The number of aliphatic hydroxyl groups is 1. The van der Waals surface area contributed by atoms with Crippen LogP contribution in [0, 0.1) is 0 Å². The van der Waals surface area contributed by atoms with E-state index in [1.54, 1.807) is 12.1 Å². The number of thioether (sulfide) groups is 1. The van der Waals surface area contributed by atoms with Crippen LogP contribution in [0.1, 0.15) is 24.8 Å². The molecule has 1 heterocycles. The molecule has 1 fully saturated rings. The molecule has 11 nitrogen and oxygen atoms in total. The second-order valence-electron chi connectivity index (χ2n) is 8.01. The van der Waals surface area contributed by atoms with Gasteiger partial charge in [-0.2, -0.15) is 11.8 Å². The largest absolute Gasteiger partial charge is 0.508 e. The first-order valence-corrected chi connectivity index (χ1v) is 12.4. The van der Waals surface area contributed by atoms with Gasteiger partial charge in [0.15, 0.2) is 0 Å². The van der Waals surface area contributed by atoms with E-state index in [1.165, 1.54) is 23.9 Å². The fraction of sp³-hybridized carbons (Fsp3) is 0.545. The Morgan fingerprint density at radius 2 is 1.71 bits per heavy atom. The molecule has 0 saturated carbocycles. The third kappa shape index (κ3) is 8.50. The van der Waals surface area contributed by atoms with E-state index in [4.69, 9.17) is 5.11 Å². The number of amides is 3. The quantitative estimate of drug-likeness (QED) is 0.180. The Bertz CT molecular complexity index is 846. The standard InChI is InChI=1S/C22H32N4O7S/c1-34-10-8-16(24-19(29)15-3-2-9-23-15)20(30)25-17(11-13-4-6-14(28)7-5-13)21(31)26-18(12-27)22(32)33/h4-7,15-18,23,27-28H,2-3,8-12H2,1H3,(H,24,29)(H,25,30)(H,26,31)(H,32,33). The highest BCUT2D eigenvalue weighted by atomic mass is 32.2. The molecule has 1 aromatic carbocycles. The number of carboxylic acid groups (broad SMARTS) is 1. The monoisotopic (exact) mass is 496 g/mol. The number of carboxylic acids is 1. The molecule has 0 aromatic heterocycles. The van der Waals surface area contributed by atoms with Crippen molar-refractivity contribution in [1.82, 2.24) is 21.3 Å². The summed E-state index contributed by atoms with van der Waals surface area (Å²) in [6, 6.07) is 2.03. The van der Waals surface area contributed by atoms with Crippen LogP contribution in [-0.2, 0) is 25.6 Å². The molecule has 3 amide bonds. The van der Waals surface area contributed by atoms with Crippen molar-refractivity contribution in [2.75, 3.05) is 25.2 Å². The number of aliphatic hydroxyl groups excluding tert-OH is 1. The third-order valence-corrected chi connectivity index (χ3v) is 6.07. The van der Waals surface area contributed by atoms with Crippen molar-refractivity contribution in [1.29, 1.82) is 0 Å². The molecular weight excluding hydrogens is 464 g/mol. The highest BCUT2D eigenvalue weighted by Crippen LogP contribution is 2.12. The number of hydrogen-bond donors (Lipinski definition) is 7. The van der Waals surface area contributed by atoms with E-state index in [1.807, 2.05) is 6.26 Å². The molecule has 2 rings (SSSR count). The third-order valence-electron chi connectivity index (χ3n) is 5.43. The van der Waals surface area contributed by atoms with E-state index in [-0.39, 0.29) is 24.1 Å². The highest BCUT2D eigenvalue weighted by molar-refractivity contribution is 7.98. The SMILES string of the molecule is CSCCC(NC(=O)C1CCCN1)C(=O)NC(Cc1ccc(O)cc1)C(=O)NC(CO)C(=O)O. The molecule has 0 bridgehead atoms. The molecule has 0 spiro atoms. The van der Waals surface area contributed by atoms with E-state index < -0.39 is 42.5 Å². The summed E-state index contributed by atoms with van der Waals surface area (Å²) in [5.41, 5.74) is 0.606. The molecule has 1 aromatic rings. The Kier molecular flexibility index (Phi) is 11.1. The fourth-order valence-electron chi connectivity index (χ4n) is 3.49. The summed E-state index contributed by atoms with van der Waals surface area (Å²) < 4.78 is 0. The molecule has 4 atom stereocenters. The van der Waals surface area contributed by atoms with E-state index in [9.17, 15) is 29.4 Å². The molecule has 0 aliphatic carbocycles. The Balaban J connectivity index is 2.17. The van der Waals surface area contributed by atoms with E-state index >= 15 is 0 Å². The molecule has 1 aliphatic rings. The average Bonchev–Trinajstić information content (AvgIpc) is 3.35. The minimum Gasteiger partial charge on any atom is -0.508 e. The van der Waals surface area contributed by atoms with Crippen LogP contribution in [0.2, 0.25) is 0 Å². The summed E-state index contributed by atoms with van der Waals surface area (Å²) >= 11 is 1.51. The number of nitrogens with one attached hydrogen (secondary N) is 4. The van der Waals surface area contributed by atoms with Crippen molar-refractivity contribution in [3.05, 3.63) is 29.8 Å². The van der Waals surface area contributed by atoms with Crippen LogP contribution in [0.4, 0.5) is 0 Å². The molecule has 34 heavy (non-hydrogen) atoms. The number of benzene rings is 1. The summed E-state index contributed by atoms with van der Waals surface area (Å²) in [6.45, 7) is -0.0913. The van der Waals surface area contributed by atoms with Crippen LogP contribution < -0.4 is 21.3 Å². The zero-order valence-electron chi connectivity index (χ0n) is 19.0. The Labute approximate surface area is 202 Å². The first-order chi connectivity index (χ1) is 16.2. The molecule has 12 heteroatoms. The zero-order valence-corrected chi connectivity index (χ0v) is 19.8. The molecule has 7 N–H and O–H groups in total. The van der Waals surface area contributed by atoms with Crippen molar-refractivity contribution in [2.45, 2.75) is 49.9 Å². The Morgan fingerprint density at radius 1 is 1.06 bits per heavy atom. The van der Waals surface area contributed by atoms with Crippen LogP contribution >= 0.6 is 11.8 Å². The van der Waals surface area contributed by atoms with Gasteiger partial charge in [-0.15, -0.1) is 0 Å². The van der Waals surface area contributed by atoms with E-state index in [0.717, 1.165) is 13.0 Å². The maximum absolute atomic E-state index is 13.1. The van der Waals surface area contributed by atoms with Crippen LogP contribution in [0.25, 0.3) is 0 Å². The van der Waals surface area contributed by atoms with E-state index in [2.05, 4.69) is 21.3 Å². The lowest BCUT2D eigenvalue weighted by atomic mass is 10.0. The molecule has 4 unspecified atom stereocenters. The van der Waals surface area contributed by atoms with Crippen LogP contribution in [0.5, 0.6) is 5.75 Å². The van der Waals surface area contributed by atoms with Crippen LogP contribution in [-0.4, -0.2) is 88.3 Å². The summed E-state index contributed by atoms with van der Waals surface area (Å²) in [6.07, 6.45) is 3.75. The van der Waals surface area contributed by atoms with Crippen molar-refractivity contribution < 1.29 is 34.5 Å². The first kappa shape index (κ1) is 27.4. The number of phenolic OH excluding ortho intramolecular Hbond substituents is 1. The second-order valence-corrected chi connectivity index (χ2v) is 8.99. The van der Waals surface area contributed by atoms with Gasteiger partial charge in [0.1, 0.15) is 23.9 Å². The van der Waals surface area contributed by atoms with Gasteiger partial charge in [-0.05, 0) is 55.5 Å². The Hall–Kier alpha value is -2.83. The lowest BCUT2D eigenvalue weighted by Crippen LogP contribution is -2.58. The highest BCUT2D eigenvalue weighted by Gasteiger charge is 2.31. The lowest BCUT2D eigenvalue weighted by Gasteiger charge is -2.25. The molecule has 1 aliphatic heterocycles. The van der Waals surface area contributed by atoms with Crippen molar-refractivity contribution in [3.63, 3.8) is 0 Å². The van der Waals surface area contributed by atoms with Gasteiger partial charge in [0.05, 0.1) is 12.6 Å². The number of phenols is 1. The van der Waals surface area contributed by atoms with Crippen molar-refractivity contribution in [3.8, 4) is 5.75 Å². The number of carbonyl (C=O) groups excluding carboxylic acids is 3. The number of aliphatic carboxylic acids is 1. The molecular formula is C22H32N4O7S. The minimum atomic E-state index is -1.54. The number of carbonyl (C=O) groups is 4. The zero-order chi connectivity index (χ0) is 25.1. The number of aromatic hydroxyl groups is 1. The van der Waals surface area contributed by atoms with E-state index in [0.29, 0.717) is 24.2 Å². The maximum Gasteiger partial charge on any atom is 0.328 e. The normalized spacial score (nSPS) is 17.9. The average molecular weight is 497 g/mol. The fourth-order valence-corrected chi connectivity index (χ4v) is 3.96. The summed E-state index contributed by atoms with van der Waals surface area (Å²) in [5, 5.41) is 38.6. The summed E-state index contributed by atoms with van der Waals surface area (Å²) in [4.78, 5) is 49.8. The second kappa shape index (κ2) is 13.8. The number of hydrogen-bond acceptors (Lipinski definition) is 8. The summed E-state index contributed by atoms with van der Waals surface area (Å²) in [7, 11) is 0. The molecule has 0 radical (unpaired) electrons. The molecule has 1 saturated heterocycles. The van der Waals surface area contributed by atoms with Crippen LogP contribution in [0.3, 0.4) is 0 Å². The molecule has 188 valence electrons. The van der Waals surface area contributed by atoms with Gasteiger partial charge < -0.3 is 36.6 Å². The smallest absolute Gasteiger partial charge is 0.328 e. The lowest BCUT2D eigenvalue weighted by molar-refractivity contribution is -0.143. The van der Waals surface area contributed by atoms with Crippen molar-refractivity contribution >= 4 is 35.5 Å². The van der Waals surface area contributed by atoms with Gasteiger partial charge in [0.25, 0.3) is 0 Å². The predicted molar refractivity (Wildman–Crippen MR) is 126 cm³/mol. The predicted octanol–water partition coefficient (Wildman–Crippen LogP) is -1.03. The van der Waals surface area contributed by atoms with Gasteiger partial charge in [-0.25, -0.2) is 4.79 Å². The van der Waals surface area contributed by atoms with Gasteiger partial charge in [-0.1, -0.05) is 12.1 Å². The minimum absolute atomic E-state index is 0.00297. The van der Waals surface area contributed by atoms with Crippen LogP contribution in [0.15, 0.2) is 24.3 Å². The number of rotatable bonds is 13. The van der Waals surface area contributed by atoms with Gasteiger partial charge in [-0.3, -0.25) is 14.4 Å². The van der Waals surface area contributed by atoms with Gasteiger partial charge in [0.2, 0.25) is 17.7 Å². The Morgan fingerprint density at radius 3 is 2.26 bits per heavy atom. The van der Waals surface area contributed by atoms with Gasteiger partial charge in [0, 0.05) is 6.42 Å². The summed E-state index contributed by atoms with van der Waals surface area (Å²) in [5.74, 6) is -2.45. The topological polar surface area (TPSA) is 177 Å². The van der Waals surface area contributed by atoms with Crippen molar-refractivity contribution in [2.24, 2.45) is 0 Å².